The van der Waals surface area contributed by atoms with E-state index in [4.69, 9.17) is 4.74 Å². The molecule has 0 bridgehead atoms. The molecule has 0 aliphatic carbocycles. The second-order valence-electron chi connectivity index (χ2n) is 6.39. The Kier molecular flexibility index (Phi) is 4.89. The molecule has 0 unspecified atom stereocenters. The van der Waals surface area contributed by atoms with Crippen LogP contribution in [0.25, 0.3) is 0 Å². The van der Waals surface area contributed by atoms with Gasteiger partial charge in [-0.1, -0.05) is 0 Å². The van der Waals surface area contributed by atoms with Crippen molar-refractivity contribution in [2.24, 2.45) is 7.05 Å². The van der Waals surface area contributed by atoms with Gasteiger partial charge in [0.1, 0.15) is 11.9 Å². The number of aromatic nitrogens is 3. The van der Waals surface area contributed by atoms with Gasteiger partial charge in [-0.25, -0.2) is 9.78 Å². The fourth-order valence-electron chi connectivity index (χ4n) is 2.90. The summed E-state index contributed by atoms with van der Waals surface area (Å²) in [6.07, 6.45) is 4.04. The summed E-state index contributed by atoms with van der Waals surface area (Å²) in [5.41, 5.74) is 2.71. The lowest BCUT2D eigenvalue weighted by atomic mass is 10.0. The maximum Gasteiger partial charge on any atom is 0.319 e. The van der Waals surface area contributed by atoms with E-state index < -0.39 is 0 Å². The molecule has 0 spiro atoms. The van der Waals surface area contributed by atoms with E-state index >= 15 is 0 Å². The number of carbonyl (C=O) groups excluding carboxylic acids is 1. The van der Waals surface area contributed by atoms with Crippen molar-refractivity contribution in [1.29, 1.82) is 0 Å². The fraction of sp³-hybridized carbons (Fsp3) is 0.471. The van der Waals surface area contributed by atoms with Gasteiger partial charge in [-0.3, -0.25) is 4.68 Å². The van der Waals surface area contributed by atoms with Crippen LogP contribution in [0.4, 0.5) is 16.3 Å². The molecule has 3 heterocycles. The molecule has 2 atom stereocenters. The Bertz CT molecular complexity index is 740. The van der Waals surface area contributed by atoms with Gasteiger partial charge in [0, 0.05) is 39.0 Å². The Morgan fingerprint density at radius 1 is 1.36 bits per heavy atom. The molecule has 1 fully saturated rings. The number of urea groups is 1. The molecule has 3 rings (SSSR count). The average molecular weight is 344 g/mol. The zero-order valence-corrected chi connectivity index (χ0v) is 15.0. The number of rotatable bonds is 4. The highest BCUT2D eigenvalue weighted by Crippen LogP contribution is 2.31. The normalized spacial score (nSPS) is 19.7. The van der Waals surface area contributed by atoms with E-state index in [9.17, 15) is 4.79 Å². The minimum absolute atomic E-state index is 0.0862. The predicted molar refractivity (Wildman–Crippen MR) is 95.8 cm³/mol. The standard InChI is InChI=1S/C17H24N6O2/c1-11-13(10-19-23(11)4)16-14(7-8-25-16)21-17(24)20-12-5-6-15(18-9-12)22(2)3/h5-6,9-10,14,16H,7-8H2,1-4H3,(H2,20,21,24)/t14-,16+/m0/s1. The highest BCUT2D eigenvalue weighted by Gasteiger charge is 2.33. The van der Waals surface area contributed by atoms with Crippen molar-refractivity contribution in [3.05, 3.63) is 35.8 Å². The zero-order chi connectivity index (χ0) is 18.0. The first-order valence-corrected chi connectivity index (χ1v) is 8.26. The van der Waals surface area contributed by atoms with Crippen molar-refractivity contribution in [3.63, 3.8) is 0 Å². The van der Waals surface area contributed by atoms with E-state index in [2.05, 4.69) is 20.7 Å². The summed E-state index contributed by atoms with van der Waals surface area (Å²) in [4.78, 5) is 18.5. The smallest absolute Gasteiger partial charge is 0.319 e. The van der Waals surface area contributed by atoms with Gasteiger partial charge < -0.3 is 20.3 Å². The molecule has 25 heavy (non-hydrogen) atoms. The van der Waals surface area contributed by atoms with Crippen LogP contribution in [0.15, 0.2) is 24.5 Å². The molecule has 1 aliphatic rings. The molecular weight excluding hydrogens is 320 g/mol. The molecule has 1 aliphatic heterocycles. The summed E-state index contributed by atoms with van der Waals surface area (Å²) in [7, 11) is 5.74. The molecular formula is C17H24N6O2. The van der Waals surface area contributed by atoms with Crippen molar-refractivity contribution in [3.8, 4) is 0 Å². The van der Waals surface area contributed by atoms with Gasteiger partial charge in [0.15, 0.2) is 0 Å². The molecule has 134 valence electrons. The van der Waals surface area contributed by atoms with Gasteiger partial charge in [-0.15, -0.1) is 0 Å². The van der Waals surface area contributed by atoms with E-state index in [1.165, 1.54) is 0 Å². The minimum Gasteiger partial charge on any atom is -0.371 e. The van der Waals surface area contributed by atoms with Crippen LogP contribution in [0.5, 0.6) is 0 Å². The second kappa shape index (κ2) is 7.10. The van der Waals surface area contributed by atoms with Crippen molar-refractivity contribution in [1.82, 2.24) is 20.1 Å². The minimum atomic E-state index is -0.263. The molecule has 0 aromatic carbocycles. The maximum absolute atomic E-state index is 12.3. The van der Waals surface area contributed by atoms with Crippen molar-refractivity contribution >= 4 is 17.5 Å². The summed E-state index contributed by atoms with van der Waals surface area (Å²) >= 11 is 0. The summed E-state index contributed by atoms with van der Waals surface area (Å²) in [6.45, 7) is 2.61. The van der Waals surface area contributed by atoms with Gasteiger partial charge >= 0.3 is 6.03 Å². The van der Waals surface area contributed by atoms with Crippen LogP contribution in [0.3, 0.4) is 0 Å². The number of anilines is 2. The first-order valence-electron chi connectivity index (χ1n) is 8.26. The summed E-state index contributed by atoms with van der Waals surface area (Å²) in [6, 6.07) is 3.34. The predicted octanol–water partition coefficient (Wildman–Crippen LogP) is 1.84. The van der Waals surface area contributed by atoms with Crippen molar-refractivity contribution in [2.75, 3.05) is 30.9 Å². The topological polar surface area (TPSA) is 84.3 Å². The number of hydrogen-bond acceptors (Lipinski definition) is 5. The molecule has 2 aromatic rings. The van der Waals surface area contributed by atoms with Crippen LogP contribution in [0, 0.1) is 6.92 Å². The lowest BCUT2D eigenvalue weighted by Crippen LogP contribution is -2.39. The Morgan fingerprint density at radius 3 is 2.76 bits per heavy atom. The maximum atomic E-state index is 12.3. The monoisotopic (exact) mass is 344 g/mol. The van der Waals surface area contributed by atoms with Crippen molar-refractivity contribution < 1.29 is 9.53 Å². The zero-order valence-electron chi connectivity index (χ0n) is 15.0. The first-order chi connectivity index (χ1) is 12.0. The average Bonchev–Trinajstić information content (AvgIpc) is 3.15. The van der Waals surface area contributed by atoms with E-state index in [1.54, 1.807) is 6.20 Å². The molecule has 8 nitrogen and oxygen atoms in total. The Hall–Kier alpha value is -2.61. The van der Waals surface area contributed by atoms with E-state index in [0.717, 1.165) is 23.5 Å². The van der Waals surface area contributed by atoms with E-state index in [1.807, 2.05) is 56.0 Å². The summed E-state index contributed by atoms with van der Waals surface area (Å²) < 4.78 is 7.64. The Labute approximate surface area is 147 Å². The van der Waals surface area contributed by atoms with Gasteiger partial charge in [0.25, 0.3) is 0 Å². The van der Waals surface area contributed by atoms with Gasteiger partial charge in [-0.2, -0.15) is 5.10 Å². The largest absolute Gasteiger partial charge is 0.371 e. The highest BCUT2D eigenvalue weighted by molar-refractivity contribution is 5.89. The van der Waals surface area contributed by atoms with Gasteiger partial charge in [-0.05, 0) is 25.5 Å². The van der Waals surface area contributed by atoms with Gasteiger partial charge in [0.2, 0.25) is 0 Å². The SMILES string of the molecule is Cc1c([C@H]2OCC[C@@H]2NC(=O)Nc2ccc(N(C)C)nc2)cnn1C. The number of amides is 2. The second-order valence-corrected chi connectivity index (χ2v) is 6.39. The van der Waals surface area contributed by atoms with Crippen LogP contribution in [0.2, 0.25) is 0 Å². The van der Waals surface area contributed by atoms with Crippen LogP contribution in [-0.4, -0.2) is 47.5 Å². The molecule has 2 aromatic heterocycles. The number of nitrogens with zero attached hydrogens (tertiary/aromatic N) is 4. The summed E-state index contributed by atoms with van der Waals surface area (Å²) in [5.74, 6) is 0.835. The quantitative estimate of drug-likeness (QED) is 0.884. The number of carbonyl (C=O) groups is 1. The lowest BCUT2D eigenvalue weighted by molar-refractivity contribution is 0.0998. The molecule has 1 saturated heterocycles. The number of nitrogens with one attached hydrogen (secondary N) is 2. The third-order valence-corrected chi connectivity index (χ3v) is 4.45. The Balaban J connectivity index is 1.62. The van der Waals surface area contributed by atoms with Crippen LogP contribution < -0.4 is 15.5 Å². The van der Waals surface area contributed by atoms with Crippen LogP contribution in [-0.2, 0) is 11.8 Å². The van der Waals surface area contributed by atoms with E-state index in [-0.39, 0.29) is 18.2 Å². The summed E-state index contributed by atoms with van der Waals surface area (Å²) in [5, 5.41) is 10.1. The number of aryl methyl sites for hydroxylation is 1. The van der Waals surface area contributed by atoms with Crippen LogP contribution >= 0.6 is 0 Å². The molecule has 0 saturated carbocycles. The molecule has 0 radical (unpaired) electrons. The van der Waals surface area contributed by atoms with E-state index in [0.29, 0.717) is 12.3 Å². The lowest BCUT2D eigenvalue weighted by Gasteiger charge is -2.20. The highest BCUT2D eigenvalue weighted by atomic mass is 16.5. The third kappa shape index (κ3) is 3.74. The fourth-order valence-corrected chi connectivity index (χ4v) is 2.90. The number of ether oxygens (including phenoxy) is 1. The van der Waals surface area contributed by atoms with Gasteiger partial charge in [0.05, 0.1) is 24.1 Å². The third-order valence-electron chi connectivity index (χ3n) is 4.45. The number of hydrogen-bond donors (Lipinski definition) is 2. The molecule has 2 N–H and O–H groups in total. The Morgan fingerprint density at radius 2 is 2.16 bits per heavy atom. The van der Waals surface area contributed by atoms with Crippen LogP contribution in [0.1, 0.15) is 23.8 Å². The van der Waals surface area contributed by atoms with Crippen molar-refractivity contribution in [2.45, 2.75) is 25.5 Å². The molecule has 2 amide bonds. The number of pyridine rings is 1. The first kappa shape index (κ1) is 17.2. The molecule has 8 heteroatoms.